The third-order valence-corrected chi connectivity index (χ3v) is 5.63. The minimum absolute atomic E-state index is 0.125. The fourth-order valence-electron chi connectivity index (χ4n) is 3.49. The number of rotatable bonds is 4. The van der Waals surface area contributed by atoms with Gasteiger partial charge in [0.2, 0.25) is 11.8 Å². The number of nitrogens with zero attached hydrogens (tertiary/aromatic N) is 2. The van der Waals surface area contributed by atoms with Crippen molar-refractivity contribution in [2.24, 2.45) is 0 Å². The van der Waals surface area contributed by atoms with Crippen molar-refractivity contribution in [2.75, 3.05) is 12.4 Å². The van der Waals surface area contributed by atoms with E-state index in [0.29, 0.717) is 18.9 Å². The van der Waals surface area contributed by atoms with Gasteiger partial charge < -0.3 is 14.6 Å². The summed E-state index contributed by atoms with van der Waals surface area (Å²) < 4.78 is 5.91. The number of hydrogen-bond acceptors (Lipinski definition) is 5. The molecule has 0 aliphatic carbocycles. The average molecular weight is 418 g/mol. The van der Waals surface area contributed by atoms with Gasteiger partial charge in [0, 0.05) is 42.4 Å². The summed E-state index contributed by atoms with van der Waals surface area (Å²) in [6.45, 7) is 6.55. The summed E-state index contributed by atoms with van der Waals surface area (Å²) in [6, 6.07) is 9.77. The highest BCUT2D eigenvalue weighted by atomic mass is 16.3. The summed E-state index contributed by atoms with van der Waals surface area (Å²) in [5.74, 6) is 1.06. The van der Waals surface area contributed by atoms with Gasteiger partial charge in [-0.1, -0.05) is 18.2 Å². The molecule has 3 aromatic rings. The molecule has 3 heterocycles. The molecule has 0 unspecified atom stereocenters. The van der Waals surface area contributed by atoms with E-state index in [2.05, 4.69) is 15.6 Å². The van der Waals surface area contributed by atoms with Crippen LogP contribution in [0, 0.1) is 6.92 Å². The Hall–Kier alpha value is -3.45. The molecule has 2 N–H and O–H groups in total. The number of likely N-dealkylation sites (N-methyl/N-ethyl adjacent to an activating group) is 1. The second-order valence-corrected chi connectivity index (χ2v) is 8.38. The molecular weight excluding hydrogens is 392 g/mol. The van der Waals surface area contributed by atoms with Crippen molar-refractivity contribution < 1.29 is 14.0 Å². The number of benzene rings is 1. The summed E-state index contributed by atoms with van der Waals surface area (Å²) >= 11 is 0. The molecule has 1 aliphatic rings. The van der Waals surface area contributed by atoms with Gasteiger partial charge in [0.05, 0.1) is 12.1 Å². The predicted molar refractivity (Wildman–Crippen MR) is 120 cm³/mol. The third-order valence-electron chi connectivity index (χ3n) is 5.63. The van der Waals surface area contributed by atoms with Gasteiger partial charge in [0.15, 0.2) is 0 Å². The Bertz CT molecular complexity index is 1190. The van der Waals surface area contributed by atoms with Crippen molar-refractivity contribution in [3.8, 4) is 0 Å². The summed E-state index contributed by atoms with van der Waals surface area (Å²) in [5, 5.41) is 7.13. The number of amides is 2. The molecular formula is C24H26N4O3. The Morgan fingerprint density at radius 3 is 2.87 bits per heavy atom. The van der Waals surface area contributed by atoms with Crippen LogP contribution in [-0.2, 0) is 22.7 Å². The Kier molecular flexibility index (Phi) is 5.37. The lowest BCUT2D eigenvalue weighted by atomic mass is 10.1. The van der Waals surface area contributed by atoms with Gasteiger partial charge in [-0.2, -0.15) is 0 Å². The van der Waals surface area contributed by atoms with Crippen molar-refractivity contribution in [1.82, 2.24) is 15.2 Å². The number of aryl methyl sites for hydroxylation is 1. The van der Waals surface area contributed by atoms with E-state index in [1.165, 1.54) is 6.08 Å². The molecule has 1 aliphatic heterocycles. The third kappa shape index (κ3) is 4.22. The van der Waals surface area contributed by atoms with Crippen LogP contribution >= 0.6 is 0 Å². The number of carbonyl (C=O) groups excluding carboxylic acids is 2. The molecule has 0 atom stereocenters. The molecule has 0 saturated heterocycles. The summed E-state index contributed by atoms with van der Waals surface area (Å²) in [5.41, 5.74) is 2.86. The van der Waals surface area contributed by atoms with E-state index in [1.807, 2.05) is 51.1 Å². The first-order valence-electron chi connectivity index (χ1n) is 10.2. The molecule has 31 heavy (non-hydrogen) atoms. The number of nitrogens with one attached hydrogen (secondary N) is 2. The molecule has 7 heteroatoms. The van der Waals surface area contributed by atoms with E-state index in [9.17, 15) is 9.59 Å². The lowest BCUT2D eigenvalue weighted by Crippen LogP contribution is -2.47. The zero-order valence-corrected chi connectivity index (χ0v) is 18.2. The summed E-state index contributed by atoms with van der Waals surface area (Å²) in [7, 11) is 1.75. The fraction of sp³-hybridized carbons (Fsp3) is 0.292. The van der Waals surface area contributed by atoms with Crippen LogP contribution in [-0.4, -0.2) is 34.3 Å². The Morgan fingerprint density at radius 1 is 1.32 bits per heavy atom. The highest BCUT2D eigenvalue weighted by Crippen LogP contribution is 2.26. The first-order chi connectivity index (χ1) is 14.7. The van der Waals surface area contributed by atoms with E-state index >= 15 is 0 Å². The minimum atomic E-state index is -0.676. The second-order valence-electron chi connectivity index (χ2n) is 8.38. The lowest BCUT2D eigenvalue weighted by molar-refractivity contribution is -0.125. The molecule has 1 aromatic carbocycles. The monoisotopic (exact) mass is 418 g/mol. The number of anilines is 1. The number of aromatic nitrogens is 1. The zero-order chi connectivity index (χ0) is 22.2. The minimum Gasteiger partial charge on any atom is -0.459 e. The van der Waals surface area contributed by atoms with Crippen molar-refractivity contribution in [3.05, 3.63) is 65.1 Å². The number of hydrogen-bond donors (Lipinski definition) is 2. The number of fused-ring (bicyclic) bond motifs is 2. The van der Waals surface area contributed by atoms with E-state index in [1.54, 1.807) is 24.2 Å². The van der Waals surface area contributed by atoms with Gasteiger partial charge in [0.25, 0.3) is 0 Å². The molecule has 0 radical (unpaired) electrons. The van der Waals surface area contributed by atoms with Crippen LogP contribution in [0.4, 0.5) is 5.82 Å². The van der Waals surface area contributed by atoms with Crippen LogP contribution < -0.4 is 10.6 Å². The summed E-state index contributed by atoms with van der Waals surface area (Å²) in [4.78, 5) is 30.8. The SMILES string of the molecule is Cc1c(CN(C)C(=O)/C=C/c2cnc3c(c2)CNC(C)(C)C(=O)N3)oc2ccccc12. The Labute approximate surface area is 181 Å². The van der Waals surface area contributed by atoms with Crippen molar-refractivity contribution in [1.29, 1.82) is 0 Å². The quantitative estimate of drug-likeness (QED) is 0.632. The second kappa shape index (κ2) is 8.00. The summed E-state index contributed by atoms with van der Waals surface area (Å²) in [6.07, 6.45) is 4.90. The molecule has 0 saturated carbocycles. The van der Waals surface area contributed by atoms with Crippen LogP contribution in [0.5, 0.6) is 0 Å². The molecule has 0 fully saturated rings. The Balaban J connectivity index is 1.46. The molecule has 2 amide bonds. The van der Waals surface area contributed by atoms with Gasteiger partial charge in [-0.15, -0.1) is 0 Å². The van der Waals surface area contributed by atoms with Crippen LogP contribution in [0.1, 0.15) is 36.3 Å². The van der Waals surface area contributed by atoms with Crippen molar-refractivity contribution >= 4 is 34.7 Å². The van der Waals surface area contributed by atoms with Gasteiger partial charge in [-0.25, -0.2) is 4.98 Å². The van der Waals surface area contributed by atoms with Crippen LogP contribution in [0.25, 0.3) is 17.0 Å². The normalized spacial score (nSPS) is 15.5. The lowest BCUT2D eigenvalue weighted by Gasteiger charge is -2.21. The standard InChI is InChI=1S/C24H26N4O3/c1-15-18-7-5-6-8-19(18)31-20(15)14-28(4)21(29)10-9-16-11-17-13-26-24(2,3)23(30)27-22(17)25-12-16/h5-12,26H,13-14H2,1-4H3,(H,25,27,30)/b10-9+. The maximum atomic E-state index is 12.6. The smallest absolute Gasteiger partial charge is 0.246 e. The van der Waals surface area contributed by atoms with Crippen molar-refractivity contribution in [2.45, 2.75) is 39.4 Å². The molecule has 2 aromatic heterocycles. The number of para-hydroxylation sites is 1. The van der Waals surface area contributed by atoms with E-state index in [-0.39, 0.29) is 11.8 Å². The molecule has 0 spiro atoms. The predicted octanol–water partition coefficient (Wildman–Crippen LogP) is 3.63. The fourth-order valence-corrected chi connectivity index (χ4v) is 3.49. The maximum absolute atomic E-state index is 12.6. The molecule has 0 bridgehead atoms. The molecule has 4 rings (SSSR count). The first-order valence-corrected chi connectivity index (χ1v) is 10.2. The molecule has 7 nitrogen and oxygen atoms in total. The Morgan fingerprint density at radius 2 is 2.10 bits per heavy atom. The van der Waals surface area contributed by atoms with Gasteiger partial charge in [0.1, 0.15) is 17.2 Å². The maximum Gasteiger partial charge on any atom is 0.246 e. The van der Waals surface area contributed by atoms with Gasteiger partial charge >= 0.3 is 0 Å². The number of pyridine rings is 1. The number of furan rings is 1. The van der Waals surface area contributed by atoms with E-state index in [0.717, 1.165) is 33.4 Å². The van der Waals surface area contributed by atoms with E-state index in [4.69, 9.17) is 4.42 Å². The van der Waals surface area contributed by atoms with Crippen molar-refractivity contribution in [3.63, 3.8) is 0 Å². The largest absolute Gasteiger partial charge is 0.459 e. The molecule has 160 valence electrons. The van der Waals surface area contributed by atoms with Crippen LogP contribution in [0.2, 0.25) is 0 Å². The topological polar surface area (TPSA) is 87.5 Å². The average Bonchev–Trinajstić information content (AvgIpc) is 3.00. The van der Waals surface area contributed by atoms with Gasteiger partial charge in [-0.3, -0.25) is 14.9 Å². The van der Waals surface area contributed by atoms with E-state index < -0.39 is 5.54 Å². The highest BCUT2D eigenvalue weighted by Gasteiger charge is 2.30. The van der Waals surface area contributed by atoms with Gasteiger partial charge in [-0.05, 0) is 44.5 Å². The zero-order valence-electron chi connectivity index (χ0n) is 18.2. The number of carbonyl (C=O) groups is 2. The van der Waals surface area contributed by atoms with Crippen LogP contribution in [0.3, 0.4) is 0 Å². The highest BCUT2D eigenvalue weighted by molar-refractivity contribution is 5.98. The van der Waals surface area contributed by atoms with Crippen LogP contribution in [0.15, 0.2) is 47.0 Å². The first kappa shape index (κ1) is 20.8.